The molecule has 14 heteroatoms. The van der Waals surface area contributed by atoms with Crippen LogP contribution in [0.2, 0.25) is 5.02 Å². The van der Waals surface area contributed by atoms with Crippen LogP contribution in [0.3, 0.4) is 0 Å². The van der Waals surface area contributed by atoms with E-state index in [2.05, 4.69) is 32.0 Å². The summed E-state index contributed by atoms with van der Waals surface area (Å²) in [6.07, 6.45) is 9.38. The number of allylic oxidation sites excluding steroid dienone is 1. The molecule has 4 aliphatic rings. The first-order valence-corrected chi connectivity index (χ1v) is 22.2. The fourth-order valence-corrected chi connectivity index (χ4v) is 10.5. The Balaban J connectivity index is 1.40. The lowest BCUT2D eigenvalue weighted by atomic mass is 9.63. The number of carbonyl (C=O) groups excluding carboxylic acids is 1. The molecule has 6 rings (SSSR count). The first-order chi connectivity index (χ1) is 25.4. The van der Waals surface area contributed by atoms with Gasteiger partial charge in [-0.05, 0) is 112 Å². The predicted octanol–water partition coefficient (Wildman–Crippen LogP) is 5.06. The van der Waals surface area contributed by atoms with Gasteiger partial charge in [-0.15, -0.1) is 0 Å². The van der Waals surface area contributed by atoms with Gasteiger partial charge in [0.25, 0.3) is 5.91 Å². The van der Waals surface area contributed by atoms with Crippen molar-refractivity contribution in [2.45, 2.75) is 82.8 Å². The second-order valence-corrected chi connectivity index (χ2v) is 18.7. The highest BCUT2D eigenvalue weighted by Gasteiger charge is 2.49. The number of hydrogen-bond acceptors (Lipinski definition) is 10. The van der Waals surface area contributed by atoms with Gasteiger partial charge in [0.1, 0.15) is 18.0 Å². The first kappa shape index (κ1) is 40.2. The van der Waals surface area contributed by atoms with E-state index < -0.39 is 37.9 Å². The Morgan fingerprint density at radius 1 is 1.09 bits per heavy atom. The highest BCUT2D eigenvalue weighted by Crippen LogP contribution is 2.47. The molecule has 0 spiro atoms. The third-order valence-electron chi connectivity index (χ3n) is 11.7. The molecule has 1 saturated heterocycles. The minimum absolute atomic E-state index is 0.0526. The fourth-order valence-electron chi connectivity index (χ4n) is 8.48. The number of fused-ring (bicyclic) bond motifs is 3. The summed E-state index contributed by atoms with van der Waals surface area (Å²) in [6, 6.07) is 10.9. The van der Waals surface area contributed by atoms with Gasteiger partial charge in [-0.1, -0.05) is 47.8 Å². The summed E-state index contributed by atoms with van der Waals surface area (Å²) in [5.74, 6) is 0.156. The third-order valence-corrected chi connectivity index (χ3v) is 14.6. The molecular formula is C39H54ClN4O7S2-. The van der Waals surface area contributed by atoms with E-state index in [1.54, 1.807) is 25.1 Å². The zero-order chi connectivity index (χ0) is 37.8. The zero-order valence-electron chi connectivity index (χ0n) is 31.1. The van der Waals surface area contributed by atoms with E-state index in [4.69, 9.17) is 21.1 Å². The number of ether oxygens (including phenoxy) is 2. The smallest absolute Gasteiger partial charge is 0.264 e. The summed E-state index contributed by atoms with van der Waals surface area (Å²) in [5, 5.41) is 3.21. The SMILES string of the molecule is CCO[C@]1(CN2CCN[C@@H](CS(=O)[O-])C2)/C=C/C[C@H](C)[C@@H](C)S(=O)(=O)NC(=O)c2ccc3c(c2)N(CCCCc2cc(Cl)ccc2CO3)C[C@@H]2CC[C@H]21. The minimum Gasteiger partial charge on any atom is -0.772 e. The average Bonchev–Trinajstić information content (AvgIpc) is 3.12. The summed E-state index contributed by atoms with van der Waals surface area (Å²) in [7, 11) is -4.01. The van der Waals surface area contributed by atoms with Crippen molar-refractivity contribution in [1.82, 2.24) is 14.9 Å². The number of nitrogens with zero attached hydrogens (tertiary/aromatic N) is 2. The Labute approximate surface area is 322 Å². The fraction of sp³-hybridized carbons (Fsp3) is 0.615. The van der Waals surface area contributed by atoms with Crippen LogP contribution in [0.15, 0.2) is 48.6 Å². The number of piperazine rings is 1. The monoisotopic (exact) mass is 789 g/mol. The van der Waals surface area contributed by atoms with E-state index in [-0.39, 0.29) is 35.1 Å². The van der Waals surface area contributed by atoms with Crippen LogP contribution in [0.1, 0.15) is 74.4 Å². The summed E-state index contributed by atoms with van der Waals surface area (Å²) in [4.78, 5) is 18.3. The van der Waals surface area contributed by atoms with Crippen molar-refractivity contribution < 1.29 is 31.4 Å². The molecule has 3 heterocycles. The molecule has 53 heavy (non-hydrogen) atoms. The summed E-state index contributed by atoms with van der Waals surface area (Å²) in [6.45, 7) is 10.4. The van der Waals surface area contributed by atoms with Gasteiger partial charge in [-0.3, -0.25) is 13.9 Å². The Bertz CT molecular complexity index is 1780. The summed E-state index contributed by atoms with van der Waals surface area (Å²) >= 11 is 4.24. The Kier molecular flexibility index (Phi) is 13.3. The Morgan fingerprint density at radius 3 is 2.68 bits per heavy atom. The van der Waals surface area contributed by atoms with E-state index in [9.17, 15) is 22.0 Å². The van der Waals surface area contributed by atoms with Crippen molar-refractivity contribution in [3.63, 3.8) is 0 Å². The summed E-state index contributed by atoms with van der Waals surface area (Å²) in [5.41, 5.74) is 2.57. The lowest BCUT2D eigenvalue weighted by Gasteiger charge is -2.52. The van der Waals surface area contributed by atoms with Gasteiger partial charge in [0, 0.05) is 68.3 Å². The largest absolute Gasteiger partial charge is 0.772 e. The number of anilines is 1. The molecule has 2 bridgehead atoms. The number of sulfonamides is 1. The molecular weight excluding hydrogens is 736 g/mol. The van der Waals surface area contributed by atoms with Crippen LogP contribution in [0.4, 0.5) is 5.69 Å². The molecule has 0 radical (unpaired) electrons. The van der Waals surface area contributed by atoms with Crippen molar-refractivity contribution >= 4 is 44.3 Å². The molecule has 2 N–H and O–H groups in total. The first-order valence-electron chi connectivity index (χ1n) is 19.1. The van der Waals surface area contributed by atoms with E-state index >= 15 is 0 Å². The lowest BCUT2D eigenvalue weighted by Crippen LogP contribution is -2.60. The average molecular weight is 790 g/mol. The molecule has 1 amide bonds. The Morgan fingerprint density at radius 2 is 1.92 bits per heavy atom. The molecule has 1 unspecified atom stereocenters. The molecule has 1 saturated carbocycles. The van der Waals surface area contributed by atoms with Gasteiger partial charge in [0.05, 0.1) is 10.9 Å². The van der Waals surface area contributed by atoms with Crippen LogP contribution in [-0.4, -0.2) is 96.5 Å². The number of benzene rings is 2. The highest BCUT2D eigenvalue weighted by molar-refractivity contribution is 7.90. The van der Waals surface area contributed by atoms with E-state index in [1.807, 2.05) is 32.0 Å². The number of halogens is 1. The molecule has 1 aliphatic carbocycles. The van der Waals surface area contributed by atoms with Gasteiger partial charge in [-0.25, -0.2) is 13.1 Å². The summed E-state index contributed by atoms with van der Waals surface area (Å²) < 4.78 is 66.2. The maximum Gasteiger partial charge on any atom is 0.264 e. The van der Waals surface area contributed by atoms with Crippen molar-refractivity contribution in [1.29, 1.82) is 0 Å². The van der Waals surface area contributed by atoms with Crippen LogP contribution < -0.4 is 19.7 Å². The van der Waals surface area contributed by atoms with Gasteiger partial charge in [0.2, 0.25) is 10.0 Å². The lowest BCUT2D eigenvalue weighted by molar-refractivity contribution is -0.111. The normalized spacial score (nSPS) is 31.0. The zero-order valence-corrected chi connectivity index (χ0v) is 33.4. The minimum atomic E-state index is -4.01. The predicted molar refractivity (Wildman–Crippen MR) is 209 cm³/mol. The number of amides is 1. The van der Waals surface area contributed by atoms with Crippen molar-refractivity contribution in [2.75, 3.05) is 56.5 Å². The number of hydrogen-bond donors (Lipinski definition) is 2. The van der Waals surface area contributed by atoms with Gasteiger partial charge < -0.3 is 24.2 Å². The van der Waals surface area contributed by atoms with Crippen molar-refractivity contribution in [3.8, 4) is 5.75 Å². The number of carbonyl (C=O) groups is 1. The molecule has 2 aromatic carbocycles. The molecule has 2 fully saturated rings. The Hall–Kier alpha value is -2.52. The third kappa shape index (κ3) is 9.66. The van der Waals surface area contributed by atoms with Gasteiger partial charge >= 0.3 is 0 Å². The van der Waals surface area contributed by atoms with Crippen molar-refractivity contribution in [2.24, 2.45) is 17.8 Å². The molecule has 11 nitrogen and oxygen atoms in total. The van der Waals surface area contributed by atoms with E-state index in [0.717, 1.165) is 62.0 Å². The van der Waals surface area contributed by atoms with Gasteiger partial charge in [0.15, 0.2) is 0 Å². The molecule has 0 aromatic heterocycles. The molecule has 2 aromatic rings. The number of nitrogens with one attached hydrogen (secondary N) is 2. The van der Waals surface area contributed by atoms with Crippen LogP contribution in [-0.2, 0) is 38.9 Å². The topological polar surface area (TPSA) is 140 Å². The van der Waals surface area contributed by atoms with E-state index in [1.165, 1.54) is 0 Å². The van der Waals surface area contributed by atoms with Crippen LogP contribution in [0.5, 0.6) is 5.75 Å². The maximum absolute atomic E-state index is 13.6. The molecule has 3 aliphatic heterocycles. The molecule has 7 atom stereocenters. The number of rotatable bonds is 6. The standard InChI is InChI=1S/C39H55ClN4O7S2/c1-4-51-39(26-43-19-17-41-34(23-43)25-52(46)47)16-7-8-27(2)28(3)53(48,49)42-38(45)30-12-15-37-36(21-30)44(22-31-11-14-35(31)39)18-6-5-9-29-20-33(40)13-10-32(29)24-50-37/h7,10,12-13,15-16,20-21,27-28,31,34-35,41H,4-6,8-9,11,14,17-19,22-26H2,1-3H3,(H,42,45)(H,46,47)/p-1/b16-7+/t27-,28+,31-,34+,35+,39-/m0/s1. The maximum atomic E-state index is 13.6. The molecule has 292 valence electrons. The second-order valence-electron chi connectivity index (χ2n) is 15.3. The van der Waals surface area contributed by atoms with Crippen LogP contribution >= 0.6 is 11.6 Å². The quantitative estimate of drug-likeness (QED) is 0.302. The second kappa shape index (κ2) is 17.5. The van der Waals surface area contributed by atoms with E-state index in [0.29, 0.717) is 56.6 Å². The highest BCUT2D eigenvalue weighted by atomic mass is 35.5. The van der Waals surface area contributed by atoms with Crippen LogP contribution in [0.25, 0.3) is 0 Å². The van der Waals surface area contributed by atoms with Crippen LogP contribution in [0, 0.1) is 17.8 Å². The number of aryl methyl sites for hydroxylation is 1. The van der Waals surface area contributed by atoms with Crippen molar-refractivity contribution in [3.05, 3.63) is 70.3 Å². The van der Waals surface area contributed by atoms with Gasteiger partial charge in [-0.2, -0.15) is 0 Å².